The topological polar surface area (TPSA) is 112 Å². The van der Waals surface area contributed by atoms with Gasteiger partial charge in [0.05, 0.1) is 11.4 Å². The van der Waals surface area contributed by atoms with E-state index in [-0.39, 0.29) is 22.8 Å². The monoisotopic (exact) mass is 455 g/mol. The van der Waals surface area contributed by atoms with Gasteiger partial charge in [0, 0.05) is 16.8 Å². The number of nitrogens with one attached hydrogen (secondary N) is 2. The van der Waals surface area contributed by atoms with Crippen molar-refractivity contribution in [3.63, 3.8) is 0 Å². The van der Waals surface area contributed by atoms with E-state index in [0.717, 1.165) is 5.56 Å². The molecule has 31 heavy (non-hydrogen) atoms. The summed E-state index contributed by atoms with van der Waals surface area (Å²) in [6.07, 6.45) is 1.29. The second-order valence-electron chi connectivity index (χ2n) is 6.57. The fraction of sp³-hybridized carbons (Fsp3) is 0.0909. The summed E-state index contributed by atoms with van der Waals surface area (Å²) in [5.74, 6) is -0.0101. The Kier molecular flexibility index (Phi) is 6.92. The number of hydrogen-bond donors (Lipinski definition) is 2. The first-order valence-corrected chi connectivity index (χ1v) is 11.0. The summed E-state index contributed by atoms with van der Waals surface area (Å²) < 4.78 is 32.6. The van der Waals surface area contributed by atoms with Gasteiger partial charge in [0.15, 0.2) is 0 Å². The van der Waals surface area contributed by atoms with Crippen molar-refractivity contribution in [3.8, 4) is 6.07 Å². The van der Waals surface area contributed by atoms with Crippen LogP contribution in [0.3, 0.4) is 0 Å². The zero-order valence-electron chi connectivity index (χ0n) is 16.4. The Morgan fingerprint density at radius 3 is 2.42 bits per heavy atom. The zero-order chi connectivity index (χ0) is 22.4. The molecular formula is C22H18ClN3O4S. The molecule has 9 heteroatoms. The van der Waals surface area contributed by atoms with Crippen LogP contribution in [0.5, 0.6) is 0 Å². The first-order valence-electron chi connectivity index (χ1n) is 9.10. The first kappa shape index (κ1) is 22.3. The van der Waals surface area contributed by atoms with Crippen LogP contribution in [0.2, 0.25) is 5.02 Å². The standard InChI is InChI=1S/C22H18ClN3O4S/c1-15-2-6-18(7-3-15)26-22(27)16(13-24)12-19-8-9-20(30-19)14-25-31(28,29)21-10-4-17(23)5-11-21/h2-12,25H,14H2,1H3,(H,26,27)/b16-12-. The summed E-state index contributed by atoms with van der Waals surface area (Å²) in [4.78, 5) is 12.4. The van der Waals surface area contributed by atoms with Gasteiger partial charge in [0.2, 0.25) is 10.0 Å². The lowest BCUT2D eigenvalue weighted by molar-refractivity contribution is -0.112. The molecule has 0 saturated heterocycles. The van der Waals surface area contributed by atoms with Crippen molar-refractivity contribution in [2.75, 3.05) is 5.32 Å². The predicted molar refractivity (Wildman–Crippen MR) is 118 cm³/mol. The molecule has 0 aliphatic heterocycles. The number of aryl methyl sites for hydroxylation is 1. The van der Waals surface area contributed by atoms with E-state index >= 15 is 0 Å². The van der Waals surface area contributed by atoms with Gasteiger partial charge < -0.3 is 9.73 Å². The predicted octanol–water partition coefficient (Wildman–Crippen LogP) is 4.27. The van der Waals surface area contributed by atoms with Crippen molar-refractivity contribution >= 4 is 39.3 Å². The third kappa shape index (κ3) is 6.06. The van der Waals surface area contributed by atoms with Gasteiger partial charge in [-0.1, -0.05) is 29.3 Å². The number of rotatable bonds is 7. The lowest BCUT2D eigenvalue weighted by atomic mass is 10.2. The lowest BCUT2D eigenvalue weighted by Gasteiger charge is -2.05. The number of carbonyl (C=O) groups is 1. The van der Waals surface area contributed by atoms with Gasteiger partial charge in [-0.05, 0) is 55.5 Å². The molecule has 1 aromatic heterocycles. The maximum absolute atomic E-state index is 12.3. The summed E-state index contributed by atoms with van der Waals surface area (Å²) in [5, 5.41) is 12.4. The van der Waals surface area contributed by atoms with Gasteiger partial charge in [-0.25, -0.2) is 13.1 Å². The van der Waals surface area contributed by atoms with E-state index in [9.17, 15) is 18.5 Å². The molecule has 0 atom stereocenters. The number of nitriles is 1. The molecule has 3 aromatic rings. The molecule has 7 nitrogen and oxygen atoms in total. The van der Waals surface area contributed by atoms with Crippen LogP contribution in [0.1, 0.15) is 17.1 Å². The summed E-state index contributed by atoms with van der Waals surface area (Å²) in [6, 6.07) is 17.9. The van der Waals surface area contributed by atoms with Gasteiger partial charge in [0.1, 0.15) is 23.2 Å². The molecule has 2 N–H and O–H groups in total. The number of halogens is 1. The highest BCUT2D eigenvalue weighted by atomic mass is 35.5. The van der Waals surface area contributed by atoms with Crippen LogP contribution in [-0.4, -0.2) is 14.3 Å². The molecule has 0 radical (unpaired) electrons. The smallest absolute Gasteiger partial charge is 0.266 e. The molecule has 0 fully saturated rings. The fourth-order valence-electron chi connectivity index (χ4n) is 2.56. The van der Waals surface area contributed by atoms with Crippen LogP contribution in [0.15, 0.2) is 75.5 Å². The van der Waals surface area contributed by atoms with E-state index in [1.165, 1.54) is 30.3 Å². The van der Waals surface area contributed by atoms with Crippen molar-refractivity contribution in [1.82, 2.24) is 4.72 Å². The molecule has 0 spiro atoms. The number of furan rings is 1. The Balaban J connectivity index is 1.66. The number of amides is 1. The van der Waals surface area contributed by atoms with Crippen LogP contribution in [-0.2, 0) is 21.4 Å². The van der Waals surface area contributed by atoms with Crippen LogP contribution in [0, 0.1) is 18.3 Å². The van der Waals surface area contributed by atoms with Crippen LogP contribution in [0.25, 0.3) is 6.08 Å². The second kappa shape index (κ2) is 9.62. The maximum atomic E-state index is 12.3. The van der Waals surface area contributed by atoms with Gasteiger partial charge in [-0.15, -0.1) is 0 Å². The van der Waals surface area contributed by atoms with Crippen molar-refractivity contribution in [2.45, 2.75) is 18.4 Å². The Labute approximate surface area is 185 Å². The van der Waals surface area contributed by atoms with Gasteiger partial charge in [-0.2, -0.15) is 5.26 Å². The minimum Gasteiger partial charge on any atom is -0.460 e. The highest BCUT2D eigenvalue weighted by Gasteiger charge is 2.15. The Bertz CT molecular complexity index is 1260. The second-order valence-corrected chi connectivity index (χ2v) is 8.78. The Morgan fingerprint density at radius 1 is 1.10 bits per heavy atom. The largest absolute Gasteiger partial charge is 0.460 e. The lowest BCUT2D eigenvalue weighted by Crippen LogP contribution is -2.22. The van der Waals surface area contributed by atoms with Crippen LogP contribution >= 0.6 is 11.6 Å². The van der Waals surface area contributed by atoms with Gasteiger partial charge in [0.25, 0.3) is 5.91 Å². The van der Waals surface area contributed by atoms with E-state index in [2.05, 4.69) is 10.0 Å². The average Bonchev–Trinajstić information content (AvgIpc) is 3.20. The number of carbonyl (C=O) groups excluding carboxylic acids is 1. The molecule has 0 saturated carbocycles. The summed E-state index contributed by atoms with van der Waals surface area (Å²) in [5.41, 5.74) is 1.46. The van der Waals surface area contributed by atoms with E-state index in [0.29, 0.717) is 16.5 Å². The van der Waals surface area contributed by atoms with Crippen molar-refractivity contribution in [1.29, 1.82) is 5.26 Å². The van der Waals surface area contributed by atoms with Crippen LogP contribution in [0.4, 0.5) is 5.69 Å². The molecule has 0 aliphatic rings. The fourth-order valence-corrected chi connectivity index (χ4v) is 3.68. The third-order valence-electron chi connectivity index (χ3n) is 4.20. The van der Waals surface area contributed by atoms with E-state index in [1.807, 2.05) is 25.1 Å². The molecular weight excluding hydrogens is 438 g/mol. The number of sulfonamides is 1. The highest BCUT2D eigenvalue weighted by Crippen LogP contribution is 2.17. The van der Waals surface area contributed by atoms with E-state index in [1.54, 1.807) is 24.3 Å². The molecule has 2 aromatic carbocycles. The summed E-state index contributed by atoms with van der Waals surface area (Å²) in [7, 11) is -3.75. The molecule has 1 heterocycles. The van der Waals surface area contributed by atoms with Crippen molar-refractivity contribution in [3.05, 3.63) is 88.3 Å². The van der Waals surface area contributed by atoms with E-state index < -0.39 is 15.9 Å². The highest BCUT2D eigenvalue weighted by molar-refractivity contribution is 7.89. The van der Waals surface area contributed by atoms with Crippen molar-refractivity contribution < 1.29 is 17.6 Å². The van der Waals surface area contributed by atoms with Crippen molar-refractivity contribution in [2.24, 2.45) is 0 Å². The molecule has 0 bridgehead atoms. The average molecular weight is 456 g/mol. The third-order valence-corrected chi connectivity index (χ3v) is 5.87. The minimum absolute atomic E-state index is 0.0723. The van der Waals surface area contributed by atoms with Gasteiger partial charge in [-0.3, -0.25) is 4.79 Å². The molecule has 1 amide bonds. The van der Waals surface area contributed by atoms with E-state index in [4.69, 9.17) is 16.0 Å². The number of nitrogens with zero attached hydrogens (tertiary/aromatic N) is 1. The Morgan fingerprint density at radius 2 is 1.77 bits per heavy atom. The number of benzene rings is 2. The molecule has 0 unspecified atom stereocenters. The summed E-state index contributed by atoms with van der Waals surface area (Å²) >= 11 is 5.78. The maximum Gasteiger partial charge on any atom is 0.266 e. The Hall–Kier alpha value is -3.38. The minimum atomic E-state index is -3.75. The zero-order valence-corrected chi connectivity index (χ0v) is 18.0. The first-order chi connectivity index (χ1) is 14.8. The quantitative estimate of drug-likeness (QED) is 0.408. The molecule has 3 rings (SSSR count). The molecule has 158 valence electrons. The van der Waals surface area contributed by atoms with Gasteiger partial charge >= 0.3 is 0 Å². The summed E-state index contributed by atoms with van der Waals surface area (Å²) in [6.45, 7) is 1.83. The van der Waals surface area contributed by atoms with Crippen LogP contribution < -0.4 is 10.0 Å². The number of anilines is 1. The SMILES string of the molecule is Cc1ccc(NC(=O)/C(C#N)=C\c2ccc(CNS(=O)(=O)c3ccc(Cl)cc3)o2)cc1. The molecule has 0 aliphatic carbocycles. The normalized spacial score (nSPS) is 11.7. The number of hydrogen-bond acceptors (Lipinski definition) is 5.